The molecule has 0 saturated carbocycles. The van der Waals surface area contributed by atoms with Gasteiger partial charge in [0.05, 0.1) is 16.3 Å². The highest BCUT2D eigenvalue weighted by Gasteiger charge is 2.17. The van der Waals surface area contributed by atoms with E-state index in [9.17, 15) is 14.0 Å². The predicted molar refractivity (Wildman–Crippen MR) is 124 cm³/mol. The summed E-state index contributed by atoms with van der Waals surface area (Å²) in [6.07, 6.45) is 1.38. The summed E-state index contributed by atoms with van der Waals surface area (Å²) in [7, 11) is 5.45. The van der Waals surface area contributed by atoms with Crippen molar-refractivity contribution in [3.63, 3.8) is 0 Å². The van der Waals surface area contributed by atoms with E-state index in [1.54, 1.807) is 37.4 Å². The number of nitrogens with one attached hydrogen (secondary N) is 2. The lowest BCUT2D eigenvalue weighted by Gasteiger charge is -2.16. The van der Waals surface area contributed by atoms with Gasteiger partial charge in [0.15, 0.2) is 0 Å². The molecule has 3 aromatic rings. The molecule has 3 rings (SSSR count). The van der Waals surface area contributed by atoms with E-state index in [2.05, 4.69) is 20.6 Å². The number of carbonyl (C=O) groups excluding carboxylic acids is 2. The summed E-state index contributed by atoms with van der Waals surface area (Å²) in [4.78, 5) is 35.5. The van der Waals surface area contributed by atoms with Gasteiger partial charge in [0.2, 0.25) is 0 Å². The summed E-state index contributed by atoms with van der Waals surface area (Å²) in [6, 6.07) is 13.5. The van der Waals surface area contributed by atoms with Crippen LogP contribution in [0.2, 0.25) is 5.02 Å². The zero-order chi connectivity index (χ0) is 23.3. The number of aliphatic imine (C=N–C) groups is 1. The van der Waals surface area contributed by atoms with Gasteiger partial charge in [0.1, 0.15) is 17.5 Å². The van der Waals surface area contributed by atoms with Gasteiger partial charge in [-0.25, -0.2) is 9.37 Å². The summed E-state index contributed by atoms with van der Waals surface area (Å²) in [6.45, 7) is 0. The molecular weight excluding hydrogens is 433 g/mol. The molecule has 32 heavy (non-hydrogen) atoms. The number of nitrogens with zero attached hydrogens (tertiary/aromatic N) is 3. The Kier molecular flexibility index (Phi) is 7.17. The molecule has 0 radical (unpaired) electrons. The van der Waals surface area contributed by atoms with E-state index in [0.717, 1.165) is 23.5 Å². The SMILES string of the molecule is C/N=C(\c1ccc(C(=O)Nc2ccc(F)cc2C(=O)Nc2ccc(Cl)cn2)cc1)N(C)C. The maximum absolute atomic E-state index is 13.8. The number of benzene rings is 2. The first-order chi connectivity index (χ1) is 15.3. The van der Waals surface area contributed by atoms with E-state index in [-0.39, 0.29) is 17.1 Å². The molecule has 0 aliphatic carbocycles. The van der Waals surface area contributed by atoms with Crippen molar-refractivity contribution in [1.82, 2.24) is 9.88 Å². The van der Waals surface area contributed by atoms with Crippen LogP contribution in [0.15, 0.2) is 65.8 Å². The summed E-state index contributed by atoms with van der Waals surface area (Å²) in [5, 5.41) is 5.64. The first kappa shape index (κ1) is 22.9. The van der Waals surface area contributed by atoms with Crippen molar-refractivity contribution in [2.24, 2.45) is 4.99 Å². The van der Waals surface area contributed by atoms with Gasteiger partial charge in [-0.15, -0.1) is 0 Å². The summed E-state index contributed by atoms with van der Waals surface area (Å²) in [5.41, 5.74) is 1.35. The van der Waals surface area contributed by atoms with Crippen molar-refractivity contribution in [2.75, 3.05) is 31.8 Å². The van der Waals surface area contributed by atoms with E-state index < -0.39 is 17.6 Å². The minimum absolute atomic E-state index is 0.0419. The topological polar surface area (TPSA) is 86.7 Å². The zero-order valence-corrected chi connectivity index (χ0v) is 18.4. The largest absolute Gasteiger partial charge is 0.363 e. The molecule has 0 unspecified atom stereocenters. The minimum Gasteiger partial charge on any atom is -0.363 e. The second-order valence-corrected chi connectivity index (χ2v) is 7.42. The molecule has 0 fully saturated rings. The Morgan fingerprint density at radius 2 is 1.66 bits per heavy atom. The third-order valence-electron chi connectivity index (χ3n) is 4.48. The average molecular weight is 454 g/mol. The second kappa shape index (κ2) is 10.0. The number of halogens is 2. The smallest absolute Gasteiger partial charge is 0.259 e. The molecule has 2 aromatic carbocycles. The van der Waals surface area contributed by atoms with Crippen molar-refractivity contribution in [3.05, 3.63) is 88.3 Å². The van der Waals surface area contributed by atoms with Gasteiger partial charge in [-0.2, -0.15) is 0 Å². The minimum atomic E-state index is -0.625. The molecule has 164 valence electrons. The van der Waals surface area contributed by atoms with Gasteiger partial charge in [-0.05, 0) is 42.5 Å². The Morgan fingerprint density at radius 3 is 2.25 bits per heavy atom. The van der Waals surface area contributed by atoms with Crippen LogP contribution in [-0.4, -0.2) is 48.7 Å². The highest BCUT2D eigenvalue weighted by Crippen LogP contribution is 2.20. The van der Waals surface area contributed by atoms with Crippen molar-refractivity contribution in [1.29, 1.82) is 0 Å². The predicted octanol–water partition coefficient (Wildman–Crippen LogP) is 4.32. The highest BCUT2D eigenvalue weighted by atomic mass is 35.5. The standard InChI is InChI=1S/C23H21ClFN5O2/c1-26-21(30(2)3)14-4-6-15(7-5-14)22(31)28-19-10-9-17(25)12-18(19)23(32)29-20-11-8-16(24)13-27-20/h4-13H,1-3H3,(H,28,31)(H,27,29,32)/b26-21+. The summed E-state index contributed by atoms with van der Waals surface area (Å²) in [5.74, 6) is -0.672. The van der Waals surface area contributed by atoms with E-state index in [0.29, 0.717) is 10.6 Å². The first-order valence-electron chi connectivity index (χ1n) is 9.57. The molecule has 0 saturated heterocycles. The number of aromatic nitrogens is 1. The number of hydrogen-bond acceptors (Lipinski definition) is 4. The molecule has 1 heterocycles. The van der Waals surface area contributed by atoms with Crippen LogP contribution < -0.4 is 10.6 Å². The van der Waals surface area contributed by atoms with Gasteiger partial charge < -0.3 is 15.5 Å². The number of amidine groups is 1. The molecule has 2 amide bonds. The average Bonchev–Trinajstić information content (AvgIpc) is 2.77. The van der Waals surface area contributed by atoms with Gasteiger partial charge >= 0.3 is 0 Å². The molecule has 0 bridgehead atoms. The van der Waals surface area contributed by atoms with Crippen LogP contribution in [0.4, 0.5) is 15.9 Å². The summed E-state index contributed by atoms with van der Waals surface area (Å²) < 4.78 is 13.8. The van der Waals surface area contributed by atoms with Gasteiger partial charge in [0, 0.05) is 38.5 Å². The number of amides is 2. The number of anilines is 2. The van der Waals surface area contributed by atoms with E-state index in [1.165, 1.54) is 18.3 Å². The van der Waals surface area contributed by atoms with Gasteiger partial charge in [-0.3, -0.25) is 14.6 Å². The number of rotatable bonds is 5. The van der Waals surface area contributed by atoms with Crippen molar-refractivity contribution in [2.45, 2.75) is 0 Å². The molecule has 1 aromatic heterocycles. The Hall–Kier alpha value is -3.78. The zero-order valence-electron chi connectivity index (χ0n) is 17.7. The van der Waals surface area contributed by atoms with Crippen LogP contribution in [0, 0.1) is 5.82 Å². The second-order valence-electron chi connectivity index (χ2n) is 6.98. The molecule has 7 nitrogen and oxygen atoms in total. The normalized spacial score (nSPS) is 11.1. The Labute approximate surface area is 190 Å². The third-order valence-corrected chi connectivity index (χ3v) is 4.71. The molecule has 0 aliphatic rings. The fourth-order valence-corrected chi connectivity index (χ4v) is 3.11. The van der Waals surface area contributed by atoms with Gasteiger partial charge in [-0.1, -0.05) is 23.7 Å². The van der Waals surface area contributed by atoms with E-state index >= 15 is 0 Å². The maximum Gasteiger partial charge on any atom is 0.259 e. The van der Waals surface area contributed by atoms with Crippen LogP contribution in [0.3, 0.4) is 0 Å². The fourth-order valence-electron chi connectivity index (χ4n) is 3.00. The Morgan fingerprint density at radius 1 is 0.969 bits per heavy atom. The summed E-state index contributed by atoms with van der Waals surface area (Å²) >= 11 is 5.80. The molecule has 2 N–H and O–H groups in total. The van der Waals surface area contributed by atoms with E-state index in [1.807, 2.05) is 19.0 Å². The van der Waals surface area contributed by atoms with Crippen LogP contribution in [0.1, 0.15) is 26.3 Å². The Bertz CT molecular complexity index is 1160. The van der Waals surface area contributed by atoms with Crippen LogP contribution >= 0.6 is 11.6 Å². The lowest BCUT2D eigenvalue weighted by Crippen LogP contribution is -2.23. The monoisotopic (exact) mass is 453 g/mol. The van der Waals surface area contributed by atoms with Crippen LogP contribution in [-0.2, 0) is 0 Å². The quantitative estimate of drug-likeness (QED) is 0.445. The number of hydrogen-bond donors (Lipinski definition) is 2. The van der Waals surface area contributed by atoms with Crippen LogP contribution in [0.5, 0.6) is 0 Å². The molecular formula is C23H21ClFN5O2. The first-order valence-corrected chi connectivity index (χ1v) is 9.94. The molecule has 0 spiro atoms. The van der Waals surface area contributed by atoms with Crippen molar-refractivity contribution < 1.29 is 14.0 Å². The lowest BCUT2D eigenvalue weighted by molar-refractivity contribution is 0.102. The van der Waals surface area contributed by atoms with Crippen molar-refractivity contribution >= 4 is 40.8 Å². The van der Waals surface area contributed by atoms with Crippen molar-refractivity contribution in [3.8, 4) is 0 Å². The molecule has 9 heteroatoms. The number of carbonyl (C=O) groups is 2. The maximum atomic E-state index is 13.8. The Balaban J connectivity index is 1.80. The van der Waals surface area contributed by atoms with Crippen LogP contribution in [0.25, 0.3) is 0 Å². The molecule has 0 atom stereocenters. The van der Waals surface area contributed by atoms with E-state index in [4.69, 9.17) is 11.6 Å². The van der Waals surface area contributed by atoms with Gasteiger partial charge in [0.25, 0.3) is 11.8 Å². The number of pyridine rings is 1. The fraction of sp³-hybridized carbons (Fsp3) is 0.130. The highest BCUT2D eigenvalue weighted by molar-refractivity contribution is 6.30. The third kappa shape index (κ3) is 5.47. The lowest BCUT2D eigenvalue weighted by atomic mass is 10.1. The molecule has 0 aliphatic heterocycles.